The standard InChI is InChI=1S/C7H10N2O2S/c8-5(7(10)11)1-4-2-6(9)12-3-4/h2-3,5H,1,8-9H2,(H,10,11)/t5-/m0/s1. The third-order valence-electron chi connectivity index (χ3n) is 1.45. The molecule has 1 aromatic rings. The molecule has 0 aliphatic rings. The molecule has 1 heterocycles. The Bertz CT molecular complexity index is 285. The van der Waals surface area contributed by atoms with Crippen molar-refractivity contribution in [1.82, 2.24) is 0 Å². The first-order chi connectivity index (χ1) is 5.59. The van der Waals surface area contributed by atoms with Crippen molar-refractivity contribution in [3.05, 3.63) is 17.0 Å². The van der Waals surface area contributed by atoms with E-state index in [0.29, 0.717) is 11.4 Å². The number of anilines is 1. The van der Waals surface area contributed by atoms with Gasteiger partial charge in [0.1, 0.15) is 6.04 Å². The summed E-state index contributed by atoms with van der Waals surface area (Å²) in [5, 5.41) is 11.0. The van der Waals surface area contributed by atoms with Crippen LogP contribution >= 0.6 is 11.3 Å². The van der Waals surface area contributed by atoms with E-state index in [1.807, 2.05) is 5.38 Å². The van der Waals surface area contributed by atoms with Crippen LogP contribution < -0.4 is 11.5 Å². The Balaban J connectivity index is 2.58. The highest BCUT2D eigenvalue weighted by Gasteiger charge is 2.12. The molecule has 4 nitrogen and oxygen atoms in total. The first kappa shape index (κ1) is 9.02. The van der Waals surface area contributed by atoms with Crippen LogP contribution in [0, 0.1) is 0 Å². The Labute approximate surface area is 73.8 Å². The molecule has 0 bridgehead atoms. The number of thiophene rings is 1. The van der Waals surface area contributed by atoms with E-state index in [0.717, 1.165) is 5.56 Å². The van der Waals surface area contributed by atoms with Crippen LogP contribution in [0.15, 0.2) is 11.4 Å². The predicted octanol–water partition coefficient (Wildman–Crippen LogP) is 0.285. The molecule has 12 heavy (non-hydrogen) atoms. The summed E-state index contributed by atoms with van der Waals surface area (Å²) in [4.78, 5) is 10.4. The molecular weight excluding hydrogens is 176 g/mol. The first-order valence-electron chi connectivity index (χ1n) is 3.41. The Morgan fingerprint density at radius 3 is 2.83 bits per heavy atom. The van der Waals surface area contributed by atoms with Crippen molar-refractivity contribution in [3.8, 4) is 0 Å². The van der Waals surface area contributed by atoms with Gasteiger partial charge >= 0.3 is 5.97 Å². The molecular formula is C7H10N2O2S. The lowest BCUT2D eigenvalue weighted by Gasteiger charge is -2.02. The van der Waals surface area contributed by atoms with E-state index >= 15 is 0 Å². The van der Waals surface area contributed by atoms with Crippen molar-refractivity contribution in [1.29, 1.82) is 0 Å². The van der Waals surface area contributed by atoms with E-state index in [1.165, 1.54) is 11.3 Å². The largest absolute Gasteiger partial charge is 0.480 e. The van der Waals surface area contributed by atoms with Gasteiger partial charge in [-0.2, -0.15) is 0 Å². The highest BCUT2D eigenvalue weighted by atomic mass is 32.1. The number of hydrogen-bond acceptors (Lipinski definition) is 4. The SMILES string of the molecule is Nc1cc(C[C@H](N)C(=O)O)cs1. The van der Waals surface area contributed by atoms with Gasteiger partial charge in [0.25, 0.3) is 0 Å². The molecule has 5 heteroatoms. The number of carbonyl (C=O) groups is 1. The lowest BCUT2D eigenvalue weighted by atomic mass is 10.1. The molecule has 0 saturated carbocycles. The monoisotopic (exact) mass is 186 g/mol. The van der Waals surface area contributed by atoms with Crippen molar-refractivity contribution in [2.24, 2.45) is 5.73 Å². The minimum Gasteiger partial charge on any atom is -0.480 e. The number of carboxylic acids is 1. The van der Waals surface area contributed by atoms with E-state index in [1.54, 1.807) is 6.07 Å². The molecule has 0 radical (unpaired) electrons. The summed E-state index contributed by atoms with van der Waals surface area (Å²) in [5.74, 6) is -0.986. The highest BCUT2D eigenvalue weighted by Crippen LogP contribution is 2.17. The minimum atomic E-state index is -0.986. The summed E-state index contributed by atoms with van der Waals surface area (Å²) in [6.07, 6.45) is 0.336. The molecule has 0 aliphatic heterocycles. The van der Waals surface area contributed by atoms with E-state index in [2.05, 4.69) is 0 Å². The Morgan fingerprint density at radius 1 is 1.75 bits per heavy atom. The molecule has 0 saturated heterocycles. The number of hydrogen-bond donors (Lipinski definition) is 3. The zero-order valence-corrected chi connectivity index (χ0v) is 7.17. The molecule has 1 aromatic heterocycles. The third kappa shape index (κ3) is 2.21. The Hall–Kier alpha value is -1.07. The third-order valence-corrected chi connectivity index (χ3v) is 2.26. The summed E-state index contributed by atoms with van der Waals surface area (Å²) >= 11 is 1.39. The highest BCUT2D eigenvalue weighted by molar-refractivity contribution is 7.14. The van der Waals surface area contributed by atoms with Crippen molar-refractivity contribution >= 4 is 22.3 Å². The van der Waals surface area contributed by atoms with Crippen LogP contribution in [-0.4, -0.2) is 17.1 Å². The van der Waals surface area contributed by atoms with Crippen molar-refractivity contribution in [2.45, 2.75) is 12.5 Å². The second kappa shape index (κ2) is 3.55. The van der Waals surface area contributed by atoms with Crippen molar-refractivity contribution in [2.75, 3.05) is 5.73 Å². The molecule has 0 unspecified atom stereocenters. The fraction of sp³-hybridized carbons (Fsp3) is 0.286. The van der Waals surface area contributed by atoms with Crippen LogP contribution in [0.2, 0.25) is 0 Å². The maximum absolute atomic E-state index is 10.4. The van der Waals surface area contributed by atoms with E-state index in [9.17, 15) is 4.79 Å². The molecule has 5 N–H and O–H groups in total. The quantitative estimate of drug-likeness (QED) is 0.632. The van der Waals surface area contributed by atoms with Crippen molar-refractivity contribution < 1.29 is 9.90 Å². The lowest BCUT2D eigenvalue weighted by Crippen LogP contribution is -2.32. The molecule has 0 amide bonds. The molecule has 1 atom stereocenters. The van der Waals surface area contributed by atoms with E-state index in [4.69, 9.17) is 16.6 Å². The van der Waals surface area contributed by atoms with Crippen LogP contribution in [0.25, 0.3) is 0 Å². The maximum atomic E-state index is 10.4. The summed E-state index contributed by atoms with van der Waals surface area (Å²) < 4.78 is 0. The van der Waals surface area contributed by atoms with Gasteiger partial charge in [-0.1, -0.05) is 0 Å². The van der Waals surface area contributed by atoms with Gasteiger partial charge in [0.05, 0.1) is 5.00 Å². The molecule has 0 spiro atoms. The fourth-order valence-electron chi connectivity index (χ4n) is 0.843. The summed E-state index contributed by atoms with van der Waals surface area (Å²) in [6, 6.07) is 0.909. The van der Waals surface area contributed by atoms with Crippen LogP contribution in [-0.2, 0) is 11.2 Å². The van der Waals surface area contributed by atoms with Gasteiger partial charge < -0.3 is 16.6 Å². The van der Waals surface area contributed by atoms with Crippen molar-refractivity contribution in [3.63, 3.8) is 0 Å². The summed E-state index contributed by atoms with van der Waals surface area (Å²) in [5.41, 5.74) is 11.7. The number of aliphatic carboxylic acids is 1. The molecule has 0 fully saturated rings. The second-order valence-electron chi connectivity index (χ2n) is 2.51. The average Bonchev–Trinajstić information content (AvgIpc) is 2.35. The van der Waals surface area contributed by atoms with E-state index in [-0.39, 0.29) is 0 Å². The van der Waals surface area contributed by atoms with Crippen LogP contribution in [0.5, 0.6) is 0 Å². The maximum Gasteiger partial charge on any atom is 0.320 e. The normalized spacial score (nSPS) is 12.8. The minimum absolute atomic E-state index is 0.336. The van der Waals surface area contributed by atoms with Crippen LogP contribution in [0.4, 0.5) is 5.00 Å². The van der Waals surface area contributed by atoms with Gasteiger partial charge in [0, 0.05) is 0 Å². The molecule has 66 valence electrons. The fourth-order valence-corrected chi connectivity index (χ4v) is 1.51. The van der Waals surface area contributed by atoms with Gasteiger partial charge in [0.15, 0.2) is 0 Å². The van der Waals surface area contributed by atoms with Gasteiger partial charge in [0.2, 0.25) is 0 Å². The predicted molar refractivity (Wildman–Crippen MR) is 48.0 cm³/mol. The first-order valence-corrected chi connectivity index (χ1v) is 4.29. The van der Waals surface area contributed by atoms with Gasteiger partial charge in [-0.25, -0.2) is 0 Å². The number of nitrogens with two attached hydrogens (primary N) is 2. The zero-order valence-electron chi connectivity index (χ0n) is 6.36. The smallest absolute Gasteiger partial charge is 0.320 e. The van der Waals surface area contributed by atoms with Crippen LogP contribution in [0.3, 0.4) is 0 Å². The van der Waals surface area contributed by atoms with Crippen LogP contribution in [0.1, 0.15) is 5.56 Å². The molecule has 0 aromatic carbocycles. The van der Waals surface area contributed by atoms with Gasteiger partial charge in [-0.15, -0.1) is 11.3 Å². The second-order valence-corrected chi connectivity index (χ2v) is 3.45. The number of nitrogen functional groups attached to an aromatic ring is 1. The zero-order chi connectivity index (χ0) is 9.14. The Kier molecular flexibility index (Phi) is 2.67. The Morgan fingerprint density at radius 2 is 2.42 bits per heavy atom. The van der Waals surface area contributed by atoms with Gasteiger partial charge in [-0.3, -0.25) is 4.79 Å². The number of carboxylic acid groups (broad SMARTS) is 1. The molecule has 1 rings (SSSR count). The lowest BCUT2D eigenvalue weighted by molar-refractivity contribution is -0.138. The number of rotatable bonds is 3. The average molecular weight is 186 g/mol. The van der Waals surface area contributed by atoms with Gasteiger partial charge in [-0.05, 0) is 23.4 Å². The molecule has 0 aliphatic carbocycles. The van der Waals surface area contributed by atoms with E-state index < -0.39 is 12.0 Å². The topological polar surface area (TPSA) is 89.3 Å². The summed E-state index contributed by atoms with van der Waals surface area (Å²) in [7, 11) is 0. The summed E-state index contributed by atoms with van der Waals surface area (Å²) in [6.45, 7) is 0.